The topological polar surface area (TPSA) is 38.3 Å². The highest BCUT2D eigenvalue weighted by atomic mass is 16.5. The van der Waals surface area contributed by atoms with Crippen LogP contribution in [0.2, 0.25) is 0 Å². The smallest absolute Gasteiger partial charge is 0.244 e. The summed E-state index contributed by atoms with van der Waals surface area (Å²) in [6.07, 6.45) is 3.44. The summed E-state index contributed by atoms with van der Waals surface area (Å²) in [5.41, 5.74) is 2.47. The molecule has 1 heterocycles. The highest BCUT2D eigenvalue weighted by Gasteiger charge is 2.33. The Labute approximate surface area is 121 Å². The van der Waals surface area contributed by atoms with Gasteiger partial charge in [-0.25, -0.2) is 0 Å². The fraction of sp³-hybridized carbons (Fsp3) is 0.471. The van der Waals surface area contributed by atoms with Gasteiger partial charge >= 0.3 is 0 Å². The first kappa shape index (κ1) is 14.8. The van der Waals surface area contributed by atoms with E-state index < -0.39 is 0 Å². The maximum Gasteiger partial charge on any atom is 0.244 e. The largest absolute Gasteiger partial charge is 0.380 e. The highest BCUT2D eigenvalue weighted by molar-refractivity contribution is 5.91. The van der Waals surface area contributed by atoms with Crippen LogP contribution in [0.5, 0.6) is 0 Å². The lowest BCUT2D eigenvalue weighted by atomic mass is 9.89. The molecule has 108 valence electrons. The van der Waals surface area contributed by atoms with Gasteiger partial charge in [0.2, 0.25) is 5.91 Å². The SMILES string of the molecule is CC(C)c1ccc(/C=C/C(=O)NCC2(C)COC2)cc1. The standard InChI is InChI=1S/C17H23NO2/c1-13(2)15-7-4-14(5-8-15)6-9-16(19)18-10-17(3)11-20-12-17/h4-9,13H,10-12H2,1-3H3,(H,18,19)/b9-6+. The molecule has 3 nitrogen and oxygen atoms in total. The lowest BCUT2D eigenvalue weighted by molar-refractivity contribution is -0.122. The van der Waals surface area contributed by atoms with E-state index in [9.17, 15) is 4.79 Å². The van der Waals surface area contributed by atoms with Crippen molar-refractivity contribution in [1.82, 2.24) is 5.32 Å². The van der Waals surface area contributed by atoms with Gasteiger partial charge in [0.15, 0.2) is 0 Å². The van der Waals surface area contributed by atoms with Crippen molar-refractivity contribution in [3.8, 4) is 0 Å². The van der Waals surface area contributed by atoms with Crippen LogP contribution >= 0.6 is 0 Å². The molecule has 1 N–H and O–H groups in total. The minimum atomic E-state index is -0.0499. The van der Waals surface area contributed by atoms with E-state index in [1.165, 1.54) is 5.56 Å². The minimum Gasteiger partial charge on any atom is -0.380 e. The molecule has 1 aromatic carbocycles. The van der Waals surface area contributed by atoms with E-state index in [1.54, 1.807) is 6.08 Å². The Hall–Kier alpha value is -1.61. The van der Waals surface area contributed by atoms with Gasteiger partial charge in [-0.2, -0.15) is 0 Å². The second-order valence-electron chi connectivity index (χ2n) is 6.18. The molecule has 0 atom stereocenters. The first-order valence-corrected chi connectivity index (χ1v) is 7.12. The molecule has 1 aromatic rings. The summed E-state index contributed by atoms with van der Waals surface area (Å²) in [6.45, 7) is 8.58. The molecule has 0 aromatic heterocycles. The number of carbonyl (C=O) groups excluding carboxylic acids is 1. The molecule has 1 aliphatic rings. The number of hydrogen-bond donors (Lipinski definition) is 1. The Kier molecular flexibility index (Phi) is 4.61. The van der Waals surface area contributed by atoms with Crippen LogP contribution in [0.4, 0.5) is 0 Å². The van der Waals surface area contributed by atoms with Crippen molar-refractivity contribution < 1.29 is 9.53 Å². The Morgan fingerprint density at radius 2 is 2.00 bits per heavy atom. The number of nitrogens with one attached hydrogen (secondary N) is 1. The molecule has 20 heavy (non-hydrogen) atoms. The van der Waals surface area contributed by atoms with E-state index >= 15 is 0 Å². The van der Waals surface area contributed by atoms with Crippen LogP contribution in [0, 0.1) is 5.41 Å². The van der Waals surface area contributed by atoms with Crippen LogP contribution in [-0.2, 0) is 9.53 Å². The molecule has 0 radical (unpaired) electrons. The van der Waals surface area contributed by atoms with Gasteiger partial charge in [-0.3, -0.25) is 4.79 Å². The molecular weight excluding hydrogens is 250 g/mol. The molecule has 0 unspecified atom stereocenters. The second kappa shape index (κ2) is 6.23. The predicted octanol–water partition coefficient (Wildman–Crippen LogP) is 2.98. The first-order valence-electron chi connectivity index (χ1n) is 7.12. The fourth-order valence-electron chi connectivity index (χ4n) is 2.08. The zero-order valence-corrected chi connectivity index (χ0v) is 12.5. The van der Waals surface area contributed by atoms with Crippen LogP contribution < -0.4 is 5.32 Å². The molecule has 0 spiro atoms. The molecular formula is C17H23NO2. The van der Waals surface area contributed by atoms with Crippen molar-refractivity contribution in [1.29, 1.82) is 0 Å². The summed E-state index contributed by atoms with van der Waals surface area (Å²) in [5.74, 6) is 0.479. The van der Waals surface area contributed by atoms with Crippen LogP contribution in [0.3, 0.4) is 0 Å². The van der Waals surface area contributed by atoms with Gasteiger partial charge in [-0.1, -0.05) is 45.0 Å². The first-order chi connectivity index (χ1) is 9.48. The monoisotopic (exact) mass is 273 g/mol. The average molecular weight is 273 g/mol. The zero-order valence-electron chi connectivity index (χ0n) is 12.5. The average Bonchev–Trinajstić information content (AvgIpc) is 2.41. The lowest BCUT2D eigenvalue weighted by Gasteiger charge is -2.37. The van der Waals surface area contributed by atoms with E-state index in [4.69, 9.17) is 4.74 Å². The summed E-state index contributed by atoms with van der Waals surface area (Å²) < 4.78 is 5.16. The van der Waals surface area contributed by atoms with Crippen molar-refractivity contribution in [2.75, 3.05) is 19.8 Å². The quantitative estimate of drug-likeness (QED) is 0.838. The Balaban J connectivity index is 1.83. The van der Waals surface area contributed by atoms with Gasteiger partial charge < -0.3 is 10.1 Å². The molecule has 0 bridgehead atoms. The Morgan fingerprint density at radius 3 is 2.50 bits per heavy atom. The van der Waals surface area contributed by atoms with E-state index in [2.05, 4.69) is 38.2 Å². The van der Waals surface area contributed by atoms with Gasteiger partial charge in [0.1, 0.15) is 0 Å². The summed E-state index contributed by atoms with van der Waals surface area (Å²) >= 11 is 0. The minimum absolute atomic E-state index is 0.0499. The number of ether oxygens (including phenoxy) is 1. The van der Waals surface area contributed by atoms with Gasteiger partial charge in [0, 0.05) is 18.0 Å². The van der Waals surface area contributed by atoms with Crippen LogP contribution in [0.1, 0.15) is 37.8 Å². The molecule has 1 saturated heterocycles. The third kappa shape index (κ3) is 3.94. The van der Waals surface area contributed by atoms with Crippen molar-refractivity contribution >= 4 is 12.0 Å². The van der Waals surface area contributed by atoms with E-state index in [0.717, 1.165) is 18.8 Å². The van der Waals surface area contributed by atoms with Gasteiger partial charge in [0.25, 0.3) is 0 Å². The van der Waals surface area contributed by atoms with E-state index in [0.29, 0.717) is 12.5 Å². The molecule has 1 amide bonds. The van der Waals surface area contributed by atoms with Gasteiger partial charge in [0.05, 0.1) is 13.2 Å². The maximum atomic E-state index is 11.7. The van der Waals surface area contributed by atoms with Crippen LogP contribution in [0.15, 0.2) is 30.3 Å². The van der Waals surface area contributed by atoms with Gasteiger partial charge in [-0.05, 0) is 23.1 Å². The summed E-state index contributed by atoms with van der Waals surface area (Å²) in [6, 6.07) is 8.30. The van der Waals surface area contributed by atoms with Crippen molar-refractivity contribution in [2.24, 2.45) is 5.41 Å². The molecule has 2 rings (SSSR count). The zero-order chi connectivity index (χ0) is 14.6. The molecule has 0 saturated carbocycles. The van der Waals surface area contributed by atoms with Crippen molar-refractivity contribution in [3.63, 3.8) is 0 Å². The third-order valence-electron chi connectivity index (χ3n) is 3.62. The van der Waals surface area contributed by atoms with E-state index in [1.807, 2.05) is 18.2 Å². The maximum absolute atomic E-state index is 11.7. The highest BCUT2D eigenvalue weighted by Crippen LogP contribution is 2.25. The number of rotatable bonds is 5. The predicted molar refractivity (Wildman–Crippen MR) is 81.5 cm³/mol. The summed E-state index contributed by atoms with van der Waals surface area (Å²) in [7, 11) is 0. The van der Waals surface area contributed by atoms with Crippen LogP contribution in [-0.4, -0.2) is 25.7 Å². The molecule has 0 aliphatic carbocycles. The van der Waals surface area contributed by atoms with Gasteiger partial charge in [-0.15, -0.1) is 0 Å². The molecule has 3 heteroatoms. The van der Waals surface area contributed by atoms with Crippen molar-refractivity contribution in [3.05, 3.63) is 41.5 Å². The molecule has 1 fully saturated rings. The number of amides is 1. The molecule has 1 aliphatic heterocycles. The number of hydrogen-bond acceptors (Lipinski definition) is 2. The second-order valence-corrected chi connectivity index (χ2v) is 6.18. The van der Waals surface area contributed by atoms with E-state index in [-0.39, 0.29) is 11.3 Å². The fourth-order valence-corrected chi connectivity index (χ4v) is 2.08. The number of benzene rings is 1. The summed E-state index contributed by atoms with van der Waals surface area (Å²) in [5, 5.41) is 2.92. The number of carbonyl (C=O) groups is 1. The van der Waals surface area contributed by atoms with Crippen LogP contribution in [0.25, 0.3) is 6.08 Å². The normalized spacial score (nSPS) is 17.2. The Morgan fingerprint density at radius 1 is 1.35 bits per heavy atom. The Bertz CT molecular complexity index is 484. The third-order valence-corrected chi connectivity index (χ3v) is 3.62. The summed E-state index contributed by atoms with van der Waals surface area (Å²) in [4.78, 5) is 11.7. The lowest BCUT2D eigenvalue weighted by Crippen LogP contribution is -2.48. The van der Waals surface area contributed by atoms with Crippen molar-refractivity contribution in [2.45, 2.75) is 26.7 Å².